The number of allylic oxidation sites excluding steroid dienone is 1. The number of thiocarbonyl (C=S) groups is 1. The highest BCUT2D eigenvalue weighted by Gasteiger charge is 2.29. The molecular weight excluding hydrogens is 344 g/mol. The van der Waals surface area contributed by atoms with E-state index in [1.807, 2.05) is 0 Å². The van der Waals surface area contributed by atoms with Crippen molar-refractivity contribution in [2.75, 3.05) is 5.32 Å². The second kappa shape index (κ2) is 6.98. The summed E-state index contributed by atoms with van der Waals surface area (Å²) in [5, 5.41) is 9.06. The van der Waals surface area contributed by atoms with E-state index in [9.17, 15) is 13.6 Å². The standard InChI is InChI=1S/C18H15F2N3OS/c1-10-15(17(24)22-14-8-6-13(20)7-9-14)16(23-18(25)21-10)11-2-4-12(19)5-3-11/h2-9,16H,1H3,(H,22,24)(H2,21,23,25)/t16-/m0/s1. The van der Waals surface area contributed by atoms with Gasteiger partial charge in [0, 0.05) is 11.4 Å². The zero-order valence-electron chi connectivity index (χ0n) is 13.3. The van der Waals surface area contributed by atoms with Gasteiger partial charge in [-0.2, -0.15) is 0 Å². The number of carbonyl (C=O) groups is 1. The van der Waals surface area contributed by atoms with E-state index in [1.165, 1.54) is 36.4 Å². The number of benzene rings is 2. The Morgan fingerprint density at radius 2 is 1.60 bits per heavy atom. The smallest absolute Gasteiger partial charge is 0.255 e. The van der Waals surface area contributed by atoms with Gasteiger partial charge in [-0.3, -0.25) is 4.79 Å². The number of rotatable bonds is 3. The third-order valence-electron chi connectivity index (χ3n) is 3.82. The summed E-state index contributed by atoms with van der Waals surface area (Å²) in [7, 11) is 0. The molecule has 0 spiro atoms. The van der Waals surface area contributed by atoms with Crippen LogP contribution in [0.5, 0.6) is 0 Å². The summed E-state index contributed by atoms with van der Waals surface area (Å²) in [6.07, 6.45) is 0. The Hall–Kier alpha value is -2.80. The topological polar surface area (TPSA) is 53.2 Å². The van der Waals surface area contributed by atoms with Gasteiger partial charge in [-0.1, -0.05) is 12.1 Å². The maximum atomic E-state index is 13.2. The molecule has 1 aliphatic heterocycles. The van der Waals surface area contributed by atoms with Gasteiger partial charge in [0.05, 0.1) is 11.6 Å². The summed E-state index contributed by atoms with van der Waals surface area (Å²) in [6.45, 7) is 1.74. The Balaban J connectivity index is 1.92. The highest BCUT2D eigenvalue weighted by atomic mass is 32.1. The molecule has 1 atom stereocenters. The van der Waals surface area contributed by atoms with E-state index in [4.69, 9.17) is 12.2 Å². The number of anilines is 1. The van der Waals surface area contributed by atoms with E-state index in [0.29, 0.717) is 27.6 Å². The van der Waals surface area contributed by atoms with Crippen molar-refractivity contribution in [2.45, 2.75) is 13.0 Å². The van der Waals surface area contributed by atoms with Crippen LogP contribution in [-0.2, 0) is 4.79 Å². The average molecular weight is 359 g/mol. The molecule has 3 rings (SSSR count). The fraction of sp³-hybridized carbons (Fsp3) is 0.111. The van der Waals surface area contributed by atoms with Gasteiger partial charge < -0.3 is 16.0 Å². The van der Waals surface area contributed by atoms with E-state index in [2.05, 4.69) is 16.0 Å². The van der Waals surface area contributed by atoms with Gasteiger partial charge in [-0.25, -0.2) is 8.78 Å². The van der Waals surface area contributed by atoms with Gasteiger partial charge in [0.15, 0.2) is 5.11 Å². The van der Waals surface area contributed by atoms with Crippen LogP contribution in [0, 0.1) is 11.6 Å². The minimum absolute atomic E-state index is 0.360. The molecule has 2 aromatic rings. The molecule has 4 nitrogen and oxygen atoms in total. The van der Waals surface area contributed by atoms with Gasteiger partial charge in [0.1, 0.15) is 11.6 Å². The number of halogens is 2. The minimum Gasteiger partial charge on any atom is -0.351 e. The lowest BCUT2D eigenvalue weighted by Gasteiger charge is -2.30. The summed E-state index contributed by atoms with van der Waals surface area (Å²) in [6, 6.07) is 10.8. The van der Waals surface area contributed by atoms with E-state index in [0.717, 1.165) is 0 Å². The van der Waals surface area contributed by atoms with Crippen molar-refractivity contribution in [1.82, 2.24) is 10.6 Å². The van der Waals surface area contributed by atoms with Gasteiger partial charge in [0.2, 0.25) is 0 Å². The molecule has 0 aromatic heterocycles. The first-order valence-corrected chi connectivity index (χ1v) is 7.95. The van der Waals surface area contributed by atoms with Gasteiger partial charge in [0.25, 0.3) is 5.91 Å². The quantitative estimate of drug-likeness (QED) is 0.736. The maximum Gasteiger partial charge on any atom is 0.255 e. The van der Waals surface area contributed by atoms with Crippen molar-refractivity contribution in [1.29, 1.82) is 0 Å². The Kier molecular flexibility index (Phi) is 4.76. The van der Waals surface area contributed by atoms with Crippen molar-refractivity contribution in [3.05, 3.63) is 77.0 Å². The molecule has 0 aliphatic carbocycles. The molecule has 0 radical (unpaired) electrons. The van der Waals surface area contributed by atoms with Crippen LogP contribution in [0.3, 0.4) is 0 Å². The van der Waals surface area contributed by atoms with Crippen LogP contribution in [0.1, 0.15) is 18.5 Å². The average Bonchev–Trinajstić information content (AvgIpc) is 2.57. The Morgan fingerprint density at radius 1 is 1.04 bits per heavy atom. The highest BCUT2D eigenvalue weighted by molar-refractivity contribution is 7.80. The third kappa shape index (κ3) is 3.83. The number of nitrogens with one attached hydrogen (secondary N) is 3. The Labute approximate surface area is 148 Å². The molecule has 2 aromatic carbocycles. The van der Waals surface area contributed by atoms with Crippen molar-refractivity contribution >= 4 is 28.9 Å². The van der Waals surface area contributed by atoms with Crippen LogP contribution < -0.4 is 16.0 Å². The van der Waals surface area contributed by atoms with Crippen LogP contribution in [0.2, 0.25) is 0 Å². The Bertz CT molecular complexity index is 848. The van der Waals surface area contributed by atoms with Crippen LogP contribution in [0.15, 0.2) is 59.8 Å². The van der Waals surface area contributed by atoms with Crippen LogP contribution >= 0.6 is 12.2 Å². The number of hydrogen-bond donors (Lipinski definition) is 3. The molecule has 0 saturated heterocycles. The van der Waals surface area contributed by atoms with Crippen LogP contribution in [0.4, 0.5) is 14.5 Å². The number of hydrogen-bond acceptors (Lipinski definition) is 2. The SMILES string of the molecule is CC1=C(C(=O)Nc2ccc(F)cc2)[C@H](c2ccc(F)cc2)NC(=S)N1. The molecule has 1 heterocycles. The van der Waals surface area contributed by atoms with Gasteiger partial charge in [-0.05, 0) is 61.1 Å². The molecule has 1 aliphatic rings. The van der Waals surface area contributed by atoms with Crippen molar-refractivity contribution in [3.63, 3.8) is 0 Å². The summed E-state index contributed by atoms with van der Waals surface area (Å²) in [4.78, 5) is 12.8. The molecule has 0 unspecified atom stereocenters. The molecule has 0 fully saturated rings. The lowest BCUT2D eigenvalue weighted by molar-refractivity contribution is -0.113. The van der Waals surface area contributed by atoms with E-state index >= 15 is 0 Å². The first kappa shape index (κ1) is 17.0. The highest BCUT2D eigenvalue weighted by Crippen LogP contribution is 2.28. The molecular formula is C18H15F2N3OS. The normalized spacial score (nSPS) is 16.9. The van der Waals surface area contributed by atoms with Crippen LogP contribution in [-0.4, -0.2) is 11.0 Å². The molecule has 128 valence electrons. The zero-order valence-corrected chi connectivity index (χ0v) is 14.1. The van der Waals surface area contributed by atoms with Crippen molar-refractivity contribution < 1.29 is 13.6 Å². The second-order valence-corrected chi connectivity index (χ2v) is 5.99. The van der Waals surface area contributed by atoms with Crippen LogP contribution in [0.25, 0.3) is 0 Å². The fourth-order valence-electron chi connectivity index (χ4n) is 2.63. The first-order chi connectivity index (χ1) is 11.9. The minimum atomic E-state index is -0.519. The van der Waals surface area contributed by atoms with Gasteiger partial charge >= 0.3 is 0 Å². The monoisotopic (exact) mass is 359 g/mol. The lowest BCUT2D eigenvalue weighted by Crippen LogP contribution is -2.45. The molecule has 25 heavy (non-hydrogen) atoms. The first-order valence-electron chi connectivity index (χ1n) is 7.54. The predicted molar refractivity (Wildman–Crippen MR) is 95.7 cm³/mol. The summed E-state index contributed by atoms with van der Waals surface area (Å²) < 4.78 is 26.2. The number of carbonyl (C=O) groups excluding carboxylic acids is 1. The summed E-state index contributed by atoms with van der Waals surface area (Å²) in [5.74, 6) is -1.11. The molecule has 0 saturated carbocycles. The van der Waals surface area contributed by atoms with Crippen molar-refractivity contribution in [3.8, 4) is 0 Å². The van der Waals surface area contributed by atoms with Crippen molar-refractivity contribution in [2.24, 2.45) is 0 Å². The fourth-order valence-corrected chi connectivity index (χ4v) is 2.90. The van der Waals surface area contributed by atoms with E-state index < -0.39 is 6.04 Å². The molecule has 7 heteroatoms. The summed E-state index contributed by atoms with van der Waals surface area (Å²) in [5.41, 5.74) is 2.19. The van der Waals surface area contributed by atoms with E-state index in [-0.39, 0.29) is 17.5 Å². The maximum absolute atomic E-state index is 13.2. The molecule has 3 N–H and O–H groups in total. The molecule has 0 bridgehead atoms. The summed E-state index contributed by atoms with van der Waals surface area (Å²) >= 11 is 5.17. The molecule has 1 amide bonds. The largest absolute Gasteiger partial charge is 0.351 e. The lowest BCUT2D eigenvalue weighted by atomic mass is 9.95. The second-order valence-electron chi connectivity index (χ2n) is 5.58. The third-order valence-corrected chi connectivity index (χ3v) is 4.04. The zero-order chi connectivity index (χ0) is 18.0. The van der Waals surface area contributed by atoms with Gasteiger partial charge in [-0.15, -0.1) is 0 Å². The predicted octanol–water partition coefficient (Wildman–Crippen LogP) is 3.40. The van der Waals surface area contributed by atoms with E-state index in [1.54, 1.807) is 19.1 Å². The Morgan fingerprint density at radius 3 is 2.20 bits per heavy atom. The number of amides is 1.